The highest BCUT2D eigenvalue weighted by Gasteiger charge is 2.18. The van der Waals surface area contributed by atoms with Crippen molar-refractivity contribution in [1.29, 1.82) is 0 Å². The van der Waals surface area contributed by atoms with Gasteiger partial charge >= 0.3 is 0 Å². The van der Waals surface area contributed by atoms with Gasteiger partial charge in [0.15, 0.2) is 5.13 Å². The van der Waals surface area contributed by atoms with Crippen molar-refractivity contribution in [3.63, 3.8) is 0 Å². The molecule has 4 rings (SSSR count). The third-order valence-corrected chi connectivity index (χ3v) is 5.34. The zero-order valence-corrected chi connectivity index (χ0v) is 15.1. The Hall–Kier alpha value is -2.79. The van der Waals surface area contributed by atoms with E-state index in [1.54, 1.807) is 0 Å². The van der Waals surface area contributed by atoms with Crippen molar-refractivity contribution in [3.05, 3.63) is 64.8 Å². The first-order chi connectivity index (χ1) is 12.0. The molecule has 0 saturated carbocycles. The van der Waals surface area contributed by atoms with Crippen LogP contribution in [0.4, 0.5) is 5.13 Å². The fourth-order valence-corrected chi connectivity index (χ4v) is 4.10. The average Bonchev–Trinajstić information content (AvgIpc) is 2.98. The lowest BCUT2D eigenvalue weighted by Crippen LogP contribution is -2.16. The van der Waals surface area contributed by atoms with Crippen molar-refractivity contribution < 1.29 is 4.79 Å². The Labute approximate surface area is 149 Å². The molecule has 124 valence electrons. The Morgan fingerprint density at radius 3 is 2.60 bits per heavy atom. The Bertz CT molecular complexity index is 1130. The molecule has 4 nitrogen and oxygen atoms in total. The molecule has 2 aromatic carbocycles. The summed E-state index contributed by atoms with van der Waals surface area (Å²) < 4.78 is 1.07. The summed E-state index contributed by atoms with van der Waals surface area (Å²) >= 11 is 1.49. The molecular formula is C20H17N3OS. The minimum atomic E-state index is -0.162. The molecular weight excluding hydrogens is 330 g/mol. The number of amides is 1. The number of benzene rings is 2. The summed E-state index contributed by atoms with van der Waals surface area (Å²) in [5.41, 5.74) is 5.24. The molecule has 25 heavy (non-hydrogen) atoms. The van der Waals surface area contributed by atoms with Crippen molar-refractivity contribution in [2.24, 2.45) is 0 Å². The topological polar surface area (TPSA) is 54.9 Å². The van der Waals surface area contributed by atoms with Gasteiger partial charge in [0, 0.05) is 5.39 Å². The Kier molecular flexibility index (Phi) is 3.73. The van der Waals surface area contributed by atoms with Gasteiger partial charge in [-0.25, -0.2) is 4.98 Å². The van der Waals surface area contributed by atoms with Gasteiger partial charge < -0.3 is 0 Å². The van der Waals surface area contributed by atoms with E-state index in [-0.39, 0.29) is 5.91 Å². The van der Waals surface area contributed by atoms with Gasteiger partial charge in [-0.05, 0) is 44.0 Å². The van der Waals surface area contributed by atoms with E-state index in [4.69, 9.17) is 0 Å². The van der Waals surface area contributed by atoms with Crippen LogP contribution in [0, 0.1) is 20.8 Å². The lowest BCUT2D eigenvalue weighted by atomic mass is 10.0. The molecule has 0 fully saturated rings. The molecule has 0 atom stereocenters. The van der Waals surface area contributed by atoms with Gasteiger partial charge in [0.1, 0.15) is 0 Å². The molecule has 0 radical (unpaired) electrons. The summed E-state index contributed by atoms with van der Waals surface area (Å²) in [6, 6.07) is 13.9. The summed E-state index contributed by atoms with van der Waals surface area (Å²) in [4.78, 5) is 22.0. The van der Waals surface area contributed by atoms with Crippen LogP contribution in [0.5, 0.6) is 0 Å². The van der Waals surface area contributed by atoms with E-state index in [0.717, 1.165) is 37.9 Å². The monoisotopic (exact) mass is 347 g/mol. The highest BCUT2D eigenvalue weighted by molar-refractivity contribution is 7.22. The lowest BCUT2D eigenvalue weighted by Gasteiger charge is -2.11. The maximum atomic E-state index is 12.9. The SMILES string of the molecule is Cc1nc2ccccc2c(C)c1C(=O)Nc1nc2c(C)cccc2s1. The fourth-order valence-electron chi connectivity index (χ4n) is 3.16. The normalized spacial score (nSPS) is 11.2. The quantitative estimate of drug-likeness (QED) is 0.554. The van der Waals surface area contributed by atoms with Crippen LogP contribution >= 0.6 is 11.3 Å². The Morgan fingerprint density at radius 2 is 1.80 bits per heavy atom. The van der Waals surface area contributed by atoms with E-state index in [0.29, 0.717) is 10.7 Å². The summed E-state index contributed by atoms with van der Waals surface area (Å²) in [5.74, 6) is -0.162. The van der Waals surface area contributed by atoms with E-state index in [1.165, 1.54) is 11.3 Å². The third kappa shape index (κ3) is 2.66. The molecule has 1 N–H and O–H groups in total. The smallest absolute Gasteiger partial charge is 0.259 e. The van der Waals surface area contributed by atoms with E-state index in [1.807, 2.05) is 63.2 Å². The number of fused-ring (bicyclic) bond motifs is 2. The van der Waals surface area contributed by atoms with E-state index in [2.05, 4.69) is 15.3 Å². The van der Waals surface area contributed by atoms with Crippen LogP contribution in [-0.4, -0.2) is 15.9 Å². The number of carbonyl (C=O) groups is 1. The standard InChI is InChI=1S/C20H17N3OS/c1-11-7-6-10-16-18(11)22-20(25-16)23-19(24)17-12(2)14-8-4-5-9-15(14)21-13(17)3/h4-10H,1-3H3,(H,22,23,24). The van der Waals surface area contributed by atoms with Crippen LogP contribution in [0.2, 0.25) is 0 Å². The van der Waals surface area contributed by atoms with Crippen LogP contribution in [0.3, 0.4) is 0 Å². The molecule has 2 aromatic heterocycles. The van der Waals surface area contributed by atoms with Gasteiger partial charge in [-0.3, -0.25) is 15.1 Å². The molecule has 0 aliphatic heterocycles. The predicted molar refractivity (Wildman–Crippen MR) is 104 cm³/mol. The number of anilines is 1. The van der Waals surface area contributed by atoms with Crippen molar-refractivity contribution in [3.8, 4) is 0 Å². The molecule has 0 unspecified atom stereocenters. The van der Waals surface area contributed by atoms with Gasteiger partial charge in [0.05, 0.1) is 27.0 Å². The largest absolute Gasteiger partial charge is 0.298 e. The number of thiazole rings is 1. The number of hydrogen-bond acceptors (Lipinski definition) is 4. The third-order valence-electron chi connectivity index (χ3n) is 4.40. The minimum Gasteiger partial charge on any atom is -0.298 e. The number of nitrogens with one attached hydrogen (secondary N) is 1. The first kappa shape index (κ1) is 15.7. The zero-order valence-electron chi connectivity index (χ0n) is 14.3. The van der Waals surface area contributed by atoms with Gasteiger partial charge in [-0.15, -0.1) is 0 Å². The van der Waals surface area contributed by atoms with Gasteiger partial charge in [-0.1, -0.05) is 41.7 Å². The second kappa shape index (κ2) is 5.93. The van der Waals surface area contributed by atoms with E-state index >= 15 is 0 Å². The van der Waals surface area contributed by atoms with Crippen molar-refractivity contribution in [2.75, 3.05) is 5.32 Å². The molecule has 1 amide bonds. The summed E-state index contributed by atoms with van der Waals surface area (Å²) in [5, 5.41) is 4.56. The maximum Gasteiger partial charge on any atom is 0.259 e. The van der Waals surface area contributed by atoms with Gasteiger partial charge in [0.2, 0.25) is 0 Å². The Balaban J connectivity index is 1.75. The fraction of sp³-hybridized carbons (Fsp3) is 0.150. The molecule has 0 bridgehead atoms. The van der Waals surface area contributed by atoms with Crippen molar-refractivity contribution >= 4 is 43.5 Å². The predicted octanol–water partition coefficient (Wildman–Crippen LogP) is 5.02. The first-order valence-electron chi connectivity index (χ1n) is 8.08. The number of aryl methyl sites for hydroxylation is 3. The molecule has 0 saturated heterocycles. The second-order valence-corrected chi connectivity index (χ2v) is 7.14. The highest BCUT2D eigenvalue weighted by atomic mass is 32.1. The molecule has 0 aliphatic rings. The molecule has 2 heterocycles. The molecule has 4 aromatic rings. The van der Waals surface area contributed by atoms with Crippen LogP contribution in [0.15, 0.2) is 42.5 Å². The van der Waals surface area contributed by atoms with E-state index in [9.17, 15) is 4.79 Å². The van der Waals surface area contributed by atoms with Crippen LogP contribution in [-0.2, 0) is 0 Å². The second-order valence-electron chi connectivity index (χ2n) is 6.11. The van der Waals surface area contributed by atoms with Gasteiger partial charge in [0.25, 0.3) is 5.91 Å². The first-order valence-corrected chi connectivity index (χ1v) is 8.89. The average molecular weight is 347 g/mol. The van der Waals surface area contributed by atoms with Crippen LogP contribution in [0.1, 0.15) is 27.2 Å². The number of pyridine rings is 1. The number of para-hydroxylation sites is 2. The van der Waals surface area contributed by atoms with Crippen molar-refractivity contribution in [1.82, 2.24) is 9.97 Å². The van der Waals surface area contributed by atoms with E-state index < -0.39 is 0 Å². The summed E-state index contributed by atoms with van der Waals surface area (Å²) in [6.07, 6.45) is 0. The van der Waals surface area contributed by atoms with Gasteiger partial charge in [-0.2, -0.15) is 0 Å². The van der Waals surface area contributed by atoms with Crippen LogP contribution < -0.4 is 5.32 Å². The zero-order chi connectivity index (χ0) is 17.6. The van der Waals surface area contributed by atoms with Crippen molar-refractivity contribution in [2.45, 2.75) is 20.8 Å². The molecule has 0 spiro atoms. The minimum absolute atomic E-state index is 0.162. The lowest BCUT2D eigenvalue weighted by molar-refractivity contribution is 0.102. The summed E-state index contributed by atoms with van der Waals surface area (Å²) in [7, 11) is 0. The number of rotatable bonds is 2. The number of carbonyl (C=O) groups excluding carboxylic acids is 1. The number of hydrogen-bond donors (Lipinski definition) is 1. The number of aromatic nitrogens is 2. The van der Waals surface area contributed by atoms with Crippen LogP contribution in [0.25, 0.3) is 21.1 Å². The highest BCUT2D eigenvalue weighted by Crippen LogP contribution is 2.29. The Morgan fingerprint density at radius 1 is 1.00 bits per heavy atom. The number of nitrogens with zero attached hydrogens (tertiary/aromatic N) is 2. The summed E-state index contributed by atoms with van der Waals surface area (Å²) in [6.45, 7) is 5.86. The maximum absolute atomic E-state index is 12.9. The molecule has 5 heteroatoms. The molecule has 0 aliphatic carbocycles.